The van der Waals surface area contributed by atoms with Crippen LogP contribution in [0.3, 0.4) is 0 Å². The van der Waals surface area contributed by atoms with Crippen molar-refractivity contribution in [2.24, 2.45) is 0 Å². The zero-order chi connectivity index (χ0) is 21.4. The normalized spacial score (nSPS) is 18.0. The van der Waals surface area contributed by atoms with Crippen LogP contribution in [0.1, 0.15) is 46.8 Å². The van der Waals surface area contributed by atoms with Crippen LogP contribution in [0, 0.1) is 6.92 Å². The molecule has 0 saturated heterocycles. The monoisotopic (exact) mass is 408 g/mol. The van der Waals surface area contributed by atoms with Gasteiger partial charge in [-0.25, -0.2) is 0 Å². The average molecular weight is 409 g/mol. The summed E-state index contributed by atoms with van der Waals surface area (Å²) in [6, 6.07) is 24.8. The summed E-state index contributed by atoms with van der Waals surface area (Å²) >= 11 is 0. The maximum Gasteiger partial charge on any atom is 0.259 e. The van der Waals surface area contributed by atoms with Gasteiger partial charge in [-0.3, -0.25) is 14.5 Å². The first-order chi connectivity index (χ1) is 15.1. The van der Waals surface area contributed by atoms with Gasteiger partial charge in [0.15, 0.2) is 5.78 Å². The number of carbonyl (C=O) groups is 2. The van der Waals surface area contributed by atoms with Gasteiger partial charge in [0.1, 0.15) is 0 Å². The Labute approximate surface area is 182 Å². The Morgan fingerprint density at radius 3 is 2.39 bits per heavy atom. The second kappa shape index (κ2) is 7.88. The summed E-state index contributed by atoms with van der Waals surface area (Å²) in [6.45, 7) is 2.00. The number of allylic oxidation sites excluding steroid dienone is 1. The minimum atomic E-state index is -0.478. The molecule has 0 bridgehead atoms. The van der Waals surface area contributed by atoms with E-state index in [0.717, 1.165) is 41.0 Å². The van der Waals surface area contributed by atoms with E-state index in [4.69, 9.17) is 0 Å². The molecule has 4 nitrogen and oxygen atoms in total. The van der Waals surface area contributed by atoms with Crippen molar-refractivity contribution in [3.8, 4) is 0 Å². The molecule has 1 amide bonds. The van der Waals surface area contributed by atoms with E-state index in [1.807, 2.05) is 85.8 Å². The lowest BCUT2D eigenvalue weighted by Gasteiger charge is -2.34. The van der Waals surface area contributed by atoms with Crippen molar-refractivity contribution in [1.82, 2.24) is 0 Å². The molecule has 0 fully saturated rings. The van der Waals surface area contributed by atoms with Crippen molar-refractivity contribution >= 4 is 23.1 Å². The summed E-state index contributed by atoms with van der Waals surface area (Å²) in [4.78, 5) is 29.0. The van der Waals surface area contributed by atoms with E-state index < -0.39 is 6.04 Å². The highest BCUT2D eigenvalue weighted by Gasteiger charge is 2.39. The van der Waals surface area contributed by atoms with E-state index in [1.165, 1.54) is 0 Å². The first kappa shape index (κ1) is 19.3. The van der Waals surface area contributed by atoms with Crippen LogP contribution in [0.15, 0.2) is 90.1 Å². The Bertz CT molecular complexity index is 1180. The highest BCUT2D eigenvalue weighted by atomic mass is 16.2. The predicted molar refractivity (Wildman–Crippen MR) is 123 cm³/mol. The van der Waals surface area contributed by atoms with E-state index in [9.17, 15) is 9.59 Å². The number of carbonyl (C=O) groups excluding carboxylic acids is 2. The van der Waals surface area contributed by atoms with Crippen molar-refractivity contribution in [3.63, 3.8) is 0 Å². The largest absolute Gasteiger partial charge is 0.357 e. The summed E-state index contributed by atoms with van der Waals surface area (Å²) in [5, 5.41) is 3.50. The average Bonchev–Trinajstić information content (AvgIpc) is 2.95. The van der Waals surface area contributed by atoms with Crippen LogP contribution >= 0.6 is 0 Å². The quantitative estimate of drug-likeness (QED) is 0.582. The highest BCUT2D eigenvalue weighted by molar-refractivity contribution is 6.11. The number of aryl methyl sites for hydroxylation is 1. The van der Waals surface area contributed by atoms with Crippen molar-refractivity contribution in [2.45, 2.75) is 32.2 Å². The third-order valence-corrected chi connectivity index (χ3v) is 6.07. The molecule has 5 rings (SSSR count). The molecule has 1 atom stereocenters. The second-order valence-electron chi connectivity index (χ2n) is 8.17. The maximum absolute atomic E-state index is 14.0. The van der Waals surface area contributed by atoms with Crippen LogP contribution in [0.5, 0.6) is 0 Å². The molecule has 0 saturated carbocycles. The van der Waals surface area contributed by atoms with Crippen molar-refractivity contribution in [3.05, 3.63) is 107 Å². The number of hydrogen-bond donors (Lipinski definition) is 1. The molecule has 31 heavy (non-hydrogen) atoms. The fourth-order valence-corrected chi connectivity index (χ4v) is 4.54. The molecule has 4 heteroatoms. The highest BCUT2D eigenvalue weighted by Crippen LogP contribution is 2.45. The van der Waals surface area contributed by atoms with Crippen LogP contribution in [-0.4, -0.2) is 11.7 Å². The predicted octanol–water partition coefficient (Wildman–Crippen LogP) is 5.82. The number of nitrogens with zero attached hydrogens (tertiary/aromatic N) is 1. The van der Waals surface area contributed by atoms with Crippen molar-refractivity contribution < 1.29 is 9.59 Å². The fourth-order valence-electron chi connectivity index (χ4n) is 4.54. The number of para-hydroxylation sites is 2. The van der Waals surface area contributed by atoms with Gasteiger partial charge in [0.2, 0.25) is 0 Å². The van der Waals surface area contributed by atoms with Crippen molar-refractivity contribution in [1.29, 1.82) is 0 Å². The molecule has 0 radical (unpaired) electrons. The number of hydrogen-bond acceptors (Lipinski definition) is 3. The maximum atomic E-state index is 14.0. The number of nitrogens with one attached hydrogen (secondary N) is 1. The van der Waals surface area contributed by atoms with Gasteiger partial charge in [-0.1, -0.05) is 60.2 Å². The summed E-state index contributed by atoms with van der Waals surface area (Å²) in [5.41, 5.74) is 5.90. The van der Waals surface area contributed by atoms with E-state index in [-0.39, 0.29) is 11.7 Å². The number of ketones is 1. The minimum Gasteiger partial charge on any atom is -0.357 e. The van der Waals surface area contributed by atoms with E-state index in [2.05, 4.69) is 5.32 Å². The van der Waals surface area contributed by atoms with E-state index in [1.54, 1.807) is 4.90 Å². The number of Topliss-reactive ketones (excluding diaryl/α,β-unsaturated/α-hetero) is 1. The lowest BCUT2D eigenvalue weighted by Crippen LogP contribution is -2.38. The van der Waals surface area contributed by atoms with Gasteiger partial charge in [-0.05, 0) is 49.6 Å². The summed E-state index contributed by atoms with van der Waals surface area (Å²) in [6.07, 6.45) is 2.12. The number of rotatable bonds is 2. The van der Waals surface area contributed by atoms with Crippen LogP contribution in [0.4, 0.5) is 11.4 Å². The standard InChI is InChI=1S/C27H24N2O2/c1-18-14-16-20(17-15-18)27(31)29-23-12-6-5-10-21(23)28-22-11-7-13-24(30)25(22)26(29)19-8-3-2-4-9-19/h2-6,8-10,12,14-17,26,28H,7,11,13H2,1H3. The molecular formula is C27H24N2O2. The SMILES string of the molecule is Cc1ccc(C(=O)N2c3ccccc3NC3=C(C(=O)CCC3)C2c2ccccc2)cc1. The zero-order valence-electron chi connectivity index (χ0n) is 17.5. The van der Waals surface area contributed by atoms with Crippen LogP contribution in [0.25, 0.3) is 0 Å². The zero-order valence-corrected chi connectivity index (χ0v) is 17.5. The molecule has 0 spiro atoms. The summed E-state index contributed by atoms with van der Waals surface area (Å²) in [5.74, 6) is -0.00709. The lowest BCUT2D eigenvalue weighted by molar-refractivity contribution is -0.116. The van der Waals surface area contributed by atoms with E-state index >= 15 is 0 Å². The summed E-state index contributed by atoms with van der Waals surface area (Å²) < 4.78 is 0. The molecule has 1 aliphatic carbocycles. The first-order valence-corrected chi connectivity index (χ1v) is 10.7. The van der Waals surface area contributed by atoms with Gasteiger partial charge >= 0.3 is 0 Å². The van der Waals surface area contributed by atoms with Gasteiger partial charge in [0, 0.05) is 23.3 Å². The molecule has 0 aromatic heterocycles. The Kier molecular flexibility index (Phi) is 4.91. The number of amides is 1. The van der Waals surface area contributed by atoms with Crippen LogP contribution in [-0.2, 0) is 4.79 Å². The molecule has 154 valence electrons. The molecule has 3 aromatic rings. The van der Waals surface area contributed by atoms with Crippen LogP contribution in [0.2, 0.25) is 0 Å². The molecular weight excluding hydrogens is 384 g/mol. The first-order valence-electron chi connectivity index (χ1n) is 10.7. The van der Waals surface area contributed by atoms with Gasteiger partial charge in [0.05, 0.1) is 17.4 Å². The Balaban J connectivity index is 1.77. The topological polar surface area (TPSA) is 49.4 Å². The Hall–Kier alpha value is -3.66. The van der Waals surface area contributed by atoms with Gasteiger partial charge in [-0.15, -0.1) is 0 Å². The third-order valence-electron chi connectivity index (χ3n) is 6.07. The smallest absolute Gasteiger partial charge is 0.259 e. The van der Waals surface area contributed by atoms with Crippen molar-refractivity contribution in [2.75, 3.05) is 10.2 Å². The number of anilines is 2. The second-order valence-corrected chi connectivity index (χ2v) is 8.17. The molecule has 1 N–H and O–H groups in total. The molecule has 1 unspecified atom stereocenters. The Morgan fingerprint density at radius 1 is 0.903 bits per heavy atom. The Morgan fingerprint density at radius 2 is 1.61 bits per heavy atom. The number of fused-ring (bicyclic) bond motifs is 1. The minimum absolute atomic E-state index is 0.108. The third kappa shape index (κ3) is 3.44. The molecule has 3 aromatic carbocycles. The molecule has 1 heterocycles. The summed E-state index contributed by atoms with van der Waals surface area (Å²) in [7, 11) is 0. The fraction of sp³-hybridized carbons (Fsp3) is 0.185. The molecule has 1 aliphatic heterocycles. The van der Waals surface area contributed by atoms with E-state index in [0.29, 0.717) is 17.6 Å². The van der Waals surface area contributed by atoms with Gasteiger partial charge in [0.25, 0.3) is 5.91 Å². The molecule has 2 aliphatic rings. The lowest BCUT2D eigenvalue weighted by atomic mass is 9.85. The van der Waals surface area contributed by atoms with Gasteiger partial charge < -0.3 is 5.32 Å². The van der Waals surface area contributed by atoms with Crippen LogP contribution < -0.4 is 10.2 Å². The number of benzene rings is 3. The van der Waals surface area contributed by atoms with Gasteiger partial charge in [-0.2, -0.15) is 0 Å².